The lowest BCUT2D eigenvalue weighted by atomic mass is 10.0. The Balaban J connectivity index is 1.91. The van der Waals surface area contributed by atoms with Crippen LogP contribution in [0.1, 0.15) is 36.1 Å². The van der Waals surface area contributed by atoms with Gasteiger partial charge in [-0.3, -0.25) is 9.10 Å². The van der Waals surface area contributed by atoms with Crippen LogP contribution in [0.25, 0.3) is 0 Å². The van der Waals surface area contributed by atoms with Gasteiger partial charge in [0, 0.05) is 0 Å². The first-order chi connectivity index (χ1) is 14.8. The highest BCUT2D eigenvalue weighted by Crippen LogP contribution is 2.25. The molecule has 0 fully saturated rings. The van der Waals surface area contributed by atoms with E-state index in [1.54, 1.807) is 42.5 Å². The molecular weight excluding hydrogens is 408 g/mol. The molecule has 0 spiro atoms. The van der Waals surface area contributed by atoms with Crippen molar-refractivity contribution in [1.29, 1.82) is 0 Å². The van der Waals surface area contributed by atoms with Crippen LogP contribution in [0.3, 0.4) is 0 Å². The second-order valence-corrected chi connectivity index (χ2v) is 9.47. The molecule has 0 aromatic heterocycles. The zero-order valence-electron chi connectivity index (χ0n) is 18.1. The van der Waals surface area contributed by atoms with Gasteiger partial charge in [0.2, 0.25) is 5.91 Å². The monoisotopic (exact) mass is 436 g/mol. The summed E-state index contributed by atoms with van der Waals surface area (Å²) in [4.78, 5) is 13.1. The number of carbonyl (C=O) groups excluding carboxylic acids is 1. The second kappa shape index (κ2) is 9.79. The zero-order valence-corrected chi connectivity index (χ0v) is 18.9. The van der Waals surface area contributed by atoms with Gasteiger partial charge in [0.15, 0.2) is 0 Å². The summed E-state index contributed by atoms with van der Waals surface area (Å²) in [5.41, 5.74) is 3.33. The van der Waals surface area contributed by atoms with Crippen molar-refractivity contribution in [3.05, 3.63) is 95.6 Å². The zero-order chi connectivity index (χ0) is 22.4. The molecule has 1 N–H and O–H groups in total. The van der Waals surface area contributed by atoms with Crippen LogP contribution in [0, 0.1) is 13.8 Å². The van der Waals surface area contributed by atoms with Crippen LogP contribution in [-0.4, -0.2) is 20.9 Å². The largest absolute Gasteiger partial charge is 0.348 e. The van der Waals surface area contributed by atoms with Gasteiger partial charge in [-0.25, -0.2) is 8.42 Å². The number of rotatable bonds is 8. The van der Waals surface area contributed by atoms with Crippen LogP contribution in [-0.2, 0) is 14.8 Å². The molecule has 162 valence electrons. The highest BCUT2D eigenvalue weighted by molar-refractivity contribution is 7.92. The van der Waals surface area contributed by atoms with E-state index in [0.29, 0.717) is 12.1 Å². The van der Waals surface area contributed by atoms with Gasteiger partial charge in [-0.15, -0.1) is 0 Å². The molecule has 0 aliphatic heterocycles. The van der Waals surface area contributed by atoms with Gasteiger partial charge in [0.05, 0.1) is 16.6 Å². The minimum atomic E-state index is -3.92. The Kier molecular flexibility index (Phi) is 7.13. The molecule has 3 aromatic carbocycles. The fourth-order valence-corrected chi connectivity index (χ4v) is 4.83. The lowest BCUT2D eigenvalue weighted by Crippen LogP contribution is -2.42. The molecule has 1 atom stereocenters. The van der Waals surface area contributed by atoms with Crippen molar-refractivity contribution < 1.29 is 13.2 Å². The molecule has 6 heteroatoms. The Bertz CT molecular complexity index is 1130. The van der Waals surface area contributed by atoms with Gasteiger partial charge < -0.3 is 5.32 Å². The molecule has 3 rings (SSSR count). The van der Waals surface area contributed by atoms with Gasteiger partial charge in [0.1, 0.15) is 6.54 Å². The molecule has 5 nitrogen and oxygen atoms in total. The molecule has 1 amide bonds. The predicted molar refractivity (Wildman–Crippen MR) is 125 cm³/mol. The normalized spacial score (nSPS) is 12.2. The van der Waals surface area contributed by atoms with E-state index < -0.39 is 10.0 Å². The van der Waals surface area contributed by atoms with Gasteiger partial charge in [-0.1, -0.05) is 67.1 Å². The van der Waals surface area contributed by atoms with E-state index in [2.05, 4.69) is 5.32 Å². The molecular formula is C25H28N2O3S. The van der Waals surface area contributed by atoms with Crippen molar-refractivity contribution in [3.8, 4) is 0 Å². The van der Waals surface area contributed by atoms with Crippen LogP contribution in [0.2, 0.25) is 0 Å². The van der Waals surface area contributed by atoms with E-state index in [1.807, 2.05) is 57.2 Å². The maximum Gasteiger partial charge on any atom is 0.264 e. The lowest BCUT2D eigenvalue weighted by molar-refractivity contribution is -0.120. The van der Waals surface area contributed by atoms with Crippen LogP contribution in [0.4, 0.5) is 5.69 Å². The van der Waals surface area contributed by atoms with Gasteiger partial charge >= 0.3 is 0 Å². The second-order valence-electron chi connectivity index (χ2n) is 7.60. The van der Waals surface area contributed by atoms with Crippen LogP contribution in [0.5, 0.6) is 0 Å². The molecule has 0 aliphatic rings. The summed E-state index contributed by atoms with van der Waals surface area (Å²) >= 11 is 0. The Morgan fingerprint density at radius 1 is 0.903 bits per heavy atom. The van der Waals surface area contributed by atoms with Gasteiger partial charge in [-0.05, 0) is 55.7 Å². The van der Waals surface area contributed by atoms with Crippen molar-refractivity contribution >= 4 is 21.6 Å². The average molecular weight is 437 g/mol. The quantitative estimate of drug-likeness (QED) is 0.553. The van der Waals surface area contributed by atoms with Crippen molar-refractivity contribution in [2.75, 3.05) is 10.8 Å². The summed E-state index contributed by atoms with van der Waals surface area (Å²) in [7, 11) is -3.92. The number of benzene rings is 3. The summed E-state index contributed by atoms with van der Waals surface area (Å²) in [5, 5.41) is 2.99. The third-order valence-corrected chi connectivity index (χ3v) is 6.92. The van der Waals surface area contributed by atoms with E-state index in [1.165, 1.54) is 4.31 Å². The number of sulfonamides is 1. The number of nitrogens with one attached hydrogen (secondary N) is 1. The first kappa shape index (κ1) is 22.6. The topological polar surface area (TPSA) is 66.5 Å². The summed E-state index contributed by atoms with van der Waals surface area (Å²) in [5.74, 6) is -0.354. The number of nitrogens with zero attached hydrogens (tertiary/aromatic N) is 1. The molecule has 0 saturated heterocycles. The summed E-state index contributed by atoms with van der Waals surface area (Å²) < 4.78 is 28.1. The predicted octanol–water partition coefficient (Wildman–Crippen LogP) is 4.77. The number of hydrogen-bond donors (Lipinski definition) is 1. The van der Waals surface area contributed by atoms with Crippen LogP contribution >= 0.6 is 0 Å². The third-order valence-electron chi connectivity index (χ3n) is 5.13. The molecule has 0 saturated carbocycles. The average Bonchev–Trinajstić information content (AvgIpc) is 2.76. The molecule has 0 aliphatic carbocycles. The van der Waals surface area contributed by atoms with E-state index in [9.17, 15) is 13.2 Å². The number of carbonyl (C=O) groups is 1. The first-order valence-corrected chi connectivity index (χ1v) is 11.8. The maximum absolute atomic E-state index is 13.5. The molecule has 0 heterocycles. The van der Waals surface area contributed by atoms with Gasteiger partial charge in [0.25, 0.3) is 10.0 Å². The Hall–Kier alpha value is -3.12. The summed E-state index contributed by atoms with van der Waals surface area (Å²) in [6.45, 7) is 5.47. The fourth-order valence-electron chi connectivity index (χ4n) is 3.41. The fraction of sp³-hybridized carbons (Fsp3) is 0.240. The smallest absolute Gasteiger partial charge is 0.264 e. The highest BCUT2D eigenvalue weighted by atomic mass is 32.2. The SMILES string of the molecule is CC[C@H](NC(=O)CN(c1cccc(C)c1)S(=O)(=O)c1ccc(C)cc1)c1ccccc1. The summed E-state index contributed by atoms with van der Waals surface area (Å²) in [6.07, 6.45) is 0.699. The standard InChI is InChI=1S/C25H28N2O3S/c1-4-24(21-10-6-5-7-11-21)26-25(28)18-27(22-12-8-9-20(3)17-22)31(29,30)23-15-13-19(2)14-16-23/h5-17,24H,4,18H2,1-3H3,(H,26,28)/t24-/m0/s1. The number of anilines is 1. The molecule has 0 bridgehead atoms. The number of hydrogen-bond acceptors (Lipinski definition) is 3. The Morgan fingerprint density at radius 2 is 1.58 bits per heavy atom. The number of aryl methyl sites for hydroxylation is 2. The van der Waals surface area contributed by atoms with Crippen molar-refractivity contribution in [2.45, 2.75) is 38.1 Å². The van der Waals surface area contributed by atoms with Gasteiger partial charge in [-0.2, -0.15) is 0 Å². The van der Waals surface area contributed by atoms with E-state index >= 15 is 0 Å². The molecule has 0 unspecified atom stereocenters. The van der Waals surface area contributed by atoms with Crippen molar-refractivity contribution in [2.24, 2.45) is 0 Å². The van der Waals surface area contributed by atoms with E-state index in [0.717, 1.165) is 16.7 Å². The molecule has 0 radical (unpaired) electrons. The van der Waals surface area contributed by atoms with E-state index in [-0.39, 0.29) is 23.4 Å². The summed E-state index contributed by atoms with van der Waals surface area (Å²) in [6, 6.07) is 23.3. The third kappa shape index (κ3) is 5.52. The Morgan fingerprint density at radius 3 is 2.19 bits per heavy atom. The molecule has 31 heavy (non-hydrogen) atoms. The first-order valence-electron chi connectivity index (χ1n) is 10.3. The maximum atomic E-state index is 13.5. The minimum absolute atomic E-state index is 0.155. The highest BCUT2D eigenvalue weighted by Gasteiger charge is 2.28. The van der Waals surface area contributed by atoms with Crippen molar-refractivity contribution in [3.63, 3.8) is 0 Å². The van der Waals surface area contributed by atoms with Crippen LogP contribution < -0.4 is 9.62 Å². The number of amides is 1. The minimum Gasteiger partial charge on any atom is -0.348 e. The Labute approximate surface area is 184 Å². The van der Waals surface area contributed by atoms with Crippen LogP contribution in [0.15, 0.2) is 83.8 Å². The molecule has 3 aromatic rings. The lowest BCUT2D eigenvalue weighted by Gasteiger charge is -2.26. The van der Waals surface area contributed by atoms with Crippen molar-refractivity contribution in [1.82, 2.24) is 5.32 Å². The van der Waals surface area contributed by atoms with E-state index in [4.69, 9.17) is 0 Å².